The summed E-state index contributed by atoms with van der Waals surface area (Å²) < 4.78 is 0. The lowest BCUT2D eigenvalue weighted by Gasteiger charge is -2.14. The lowest BCUT2D eigenvalue weighted by atomic mass is 10.1. The van der Waals surface area contributed by atoms with E-state index in [1.807, 2.05) is 0 Å². The van der Waals surface area contributed by atoms with Gasteiger partial charge in [-0.1, -0.05) is 58.4 Å². The lowest BCUT2D eigenvalue weighted by molar-refractivity contribution is -0.117. The molecule has 0 aromatic carbocycles. The quantitative estimate of drug-likeness (QED) is 0.431. The Labute approximate surface area is 105 Å². The summed E-state index contributed by atoms with van der Waals surface area (Å²) in [6, 6.07) is -0.115. The van der Waals surface area contributed by atoms with Crippen LogP contribution in [0.5, 0.6) is 0 Å². The van der Waals surface area contributed by atoms with Crippen LogP contribution in [0.25, 0.3) is 0 Å². The number of hydrogen-bond acceptors (Lipinski definition) is 2. The Morgan fingerprint density at radius 1 is 1.24 bits per heavy atom. The summed E-state index contributed by atoms with van der Waals surface area (Å²) in [5, 5.41) is 11.8. The number of carbonyl (C=O) groups is 1. The molecular weight excluding hydrogens is 214 g/mol. The fourth-order valence-corrected chi connectivity index (χ4v) is 1.82. The van der Waals surface area contributed by atoms with E-state index < -0.39 is 0 Å². The highest BCUT2D eigenvalue weighted by molar-refractivity contribution is 5.87. The molecule has 1 unspecified atom stereocenters. The first-order valence-electron chi connectivity index (χ1n) is 6.78. The molecule has 3 nitrogen and oxygen atoms in total. The number of unbranched alkanes of at least 4 members (excludes halogenated alkanes) is 6. The minimum atomic E-state index is -0.202. The number of aliphatic hydroxyl groups excluding tert-OH is 1. The van der Waals surface area contributed by atoms with Crippen molar-refractivity contribution in [3.05, 3.63) is 12.7 Å². The van der Waals surface area contributed by atoms with Crippen molar-refractivity contribution in [2.45, 2.75) is 64.3 Å². The van der Waals surface area contributed by atoms with Gasteiger partial charge in [-0.3, -0.25) is 4.79 Å². The van der Waals surface area contributed by atoms with Crippen LogP contribution in [0.1, 0.15) is 58.3 Å². The largest absolute Gasteiger partial charge is 0.394 e. The van der Waals surface area contributed by atoms with Crippen molar-refractivity contribution < 1.29 is 9.90 Å². The SMILES string of the molecule is C=CC(=O)NC(CO)CCCCCCCCC. The number of hydrogen-bond donors (Lipinski definition) is 2. The van der Waals surface area contributed by atoms with Crippen molar-refractivity contribution >= 4 is 5.91 Å². The highest BCUT2D eigenvalue weighted by Gasteiger charge is 2.08. The number of carbonyl (C=O) groups excluding carboxylic acids is 1. The average molecular weight is 241 g/mol. The molecule has 0 saturated heterocycles. The summed E-state index contributed by atoms with van der Waals surface area (Å²) in [5.41, 5.74) is 0. The van der Waals surface area contributed by atoms with Gasteiger partial charge in [0, 0.05) is 0 Å². The molecule has 0 radical (unpaired) electrons. The monoisotopic (exact) mass is 241 g/mol. The van der Waals surface area contributed by atoms with E-state index in [0.717, 1.165) is 12.8 Å². The average Bonchev–Trinajstić information content (AvgIpc) is 2.35. The first-order chi connectivity index (χ1) is 8.24. The first-order valence-corrected chi connectivity index (χ1v) is 6.78. The molecule has 100 valence electrons. The van der Waals surface area contributed by atoms with Crippen molar-refractivity contribution in [1.29, 1.82) is 0 Å². The zero-order valence-electron chi connectivity index (χ0n) is 11.1. The Hall–Kier alpha value is -0.830. The molecule has 0 fully saturated rings. The zero-order chi connectivity index (χ0) is 12.9. The summed E-state index contributed by atoms with van der Waals surface area (Å²) in [5.74, 6) is -0.202. The third kappa shape index (κ3) is 10.1. The maximum Gasteiger partial charge on any atom is 0.243 e. The summed E-state index contributed by atoms with van der Waals surface area (Å²) in [7, 11) is 0. The molecule has 0 aromatic rings. The van der Waals surface area contributed by atoms with Gasteiger partial charge in [-0.15, -0.1) is 0 Å². The van der Waals surface area contributed by atoms with Crippen molar-refractivity contribution in [2.75, 3.05) is 6.61 Å². The summed E-state index contributed by atoms with van der Waals surface area (Å²) in [6.07, 6.45) is 10.8. The van der Waals surface area contributed by atoms with Gasteiger partial charge in [0.2, 0.25) is 5.91 Å². The van der Waals surface area contributed by atoms with E-state index in [2.05, 4.69) is 18.8 Å². The highest BCUT2D eigenvalue weighted by Crippen LogP contribution is 2.09. The molecule has 1 atom stereocenters. The lowest BCUT2D eigenvalue weighted by Crippen LogP contribution is -2.36. The normalized spacial score (nSPS) is 12.1. The molecule has 0 bridgehead atoms. The molecule has 0 aliphatic heterocycles. The van der Waals surface area contributed by atoms with E-state index in [0.29, 0.717) is 0 Å². The number of aliphatic hydroxyl groups is 1. The van der Waals surface area contributed by atoms with Gasteiger partial charge in [0.05, 0.1) is 12.6 Å². The molecule has 0 aliphatic carbocycles. The maximum absolute atomic E-state index is 11.0. The second-order valence-corrected chi connectivity index (χ2v) is 4.50. The van der Waals surface area contributed by atoms with E-state index in [1.54, 1.807) is 0 Å². The van der Waals surface area contributed by atoms with Crippen molar-refractivity contribution in [1.82, 2.24) is 5.32 Å². The second kappa shape index (κ2) is 11.6. The highest BCUT2D eigenvalue weighted by atomic mass is 16.3. The van der Waals surface area contributed by atoms with Gasteiger partial charge in [-0.2, -0.15) is 0 Å². The van der Waals surface area contributed by atoms with Gasteiger partial charge in [0.1, 0.15) is 0 Å². The Kier molecular flexibility index (Phi) is 11.1. The van der Waals surface area contributed by atoms with E-state index in [-0.39, 0.29) is 18.6 Å². The molecule has 1 amide bonds. The van der Waals surface area contributed by atoms with Crippen LogP contribution in [0.2, 0.25) is 0 Å². The van der Waals surface area contributed by atoms with E-state index in [4.69, 9.17) is 5.11 Å². The van der Waals surface area contributed by atoms with Crippen LogP contribution < -0.4 is 5.32 Å². The zero-order valence-corrected chi connectivity index (χ0v) is 11.1. The van der Waals surface area contributed by atoms with Gasteiger partial charge in [-0.05, 0) is 12.5 Å². The van der Waals surface area contributed by atoms with Crippen LogP contribution in [0.15, 0.2) is 12.7 Å². The molecule has 0 spiro atoms. The van der Waals surface area contributed by atoms with Crippen LogP contribution in [-0.2, 0) is 4.79 Å². The molecule has 0 heterocycles. The predicted octanol–water partition coefficient (Wildman–Crippen LogP) is 2.79. The molecular formula is C14H27NO2. The second-order valence-electron chi connectivity index (χ2n) is 4.50. The smallest absolute Gasteiger partial charge is 0.243 e. The standard InChI is InChI=1S/C14H27NO2/c1-3-5-6-7-8-9-10-11-13(12-16)15-14(17)4-2/h4,13,16H,2-3,5-12H2,1H3,(H,15,17). The number of rotatable bonds is 11. The van der Waals surface area contributed by atoms with Gasteiger partial charge in [0.15, 0.2) is 0 Å². The Morgan fingerprint density at radius 3 is 2.35 bits per heavy atom. The van der Waals surface area contributed by atoms with Crippen LogP contribution >= 0.6 is 0 Å². The van der Waals surface area contributed by atoms with E-state index >= 15 is 0 Å². The molecule has 3 heteroatoms. The minimum Gasteiger partial charge on any atom is -0.394 e. The van der Waals surface area contributed by atoms with Crippen molar-refractivity contribution in [3.8, 4) is 0 Å². The molecule has 2 N–H and O–H groups in total. The third-order valence-electron chi connectivity index (χ3n) is 2.91. The van der Waals surface area contributed by atoms with Gasteiger partial charge in [-0.25, -0.2) is 0 Å². The van der Waals surface area contributed by atoms with Gasteiger partial charge in [0.25, 0.3) is 0 Å². The first kappa shape index (κ1) is 16.2. The van der Waals surface area contributed by atoms with Crippen LogP contribution in [0.4, 0.5) is 0 Å². The molecule has 0 rings (SSSR count). The van der Waals surface area contributed by atoms with Crippen molar-refractivity contribution in [2.24, 2.45) is 0 Å². The molecule has 17 heavy (non-hydrogen) atoms. The Bertz CT molecular complexity index is 204. The fraction of sp³-hybridized carbons (Fsp3) is 0.786. The summed E-state index contributed by atoms with van der Waals surface area (Å²) >= 11 is 0. The molecule has 0 aliphatic rings. The van der Waals surface area contributed by atoms with E-state index in [1.165, 1.54) is 44.6 Å². The van der Waals surface area contributed by atoms with Gasteiger partial charge >= 0.3 is 0 Å². The number of amides is 1. The molecule has 0 aromatic heterocycles. The Morgan fingerprint density at radius 2 is 1.82 bits per heavy atom. The topological polar surface area (TPSA) is 49.3 Å². The van der Waals surface area contributed by atoms with E-state index in [9.17, 15) is 4.79 Å². The predicted molar refractivity (Wildman–Crippen MR) is 71.8 cm³/mol. The van der Waals surface area contributed by atoms with Crippen LogP contribution in [-0.4, -0.2) is 23.7 Å². The van der Waals surface area contributed by atoms with Crippen molar-refractivity contribution in [3.63, 3.8) is 0 Å². The molecule has 0 saturated carbocycles. The van der Waals surface area contributed by atoms with Crippen LogP contribution in [0.3, 0.4) is 0 Å². The minimum absolute atomic E-state index is 0.00934. The summed E-state index contributed by atoms with van der Waals surface area (Å²) in [6.45, 7) is 5.62. The Balaban J connectivity index is 3.43. The fourth-order valence-electron chi connectivity index (χ4n) is 1.82. The van der Waals surface area contributed by atoms with Gasteiger partial charge < -0.3 is 10.4 Å². The van der Waals surface area contributed by atoms with Crippen LogP contribution in [0, 0.1) is 0 Å². The third-order valence-corrected chi connectivity index (χ3v) is 2.91. The summed E-state index contributed by atoms with van der Waals surface area (Å²) in [4.78, 5) is 11.0. The maximum atomic E-state index is 11.0. The number of nitrogens with one attached hydrogen (secondary N) is 1.